The second kappa shape index (κ2) is 9.29. The maximum Gasteiger partial charge on any atom is 0.291 e. The Morgan fingerprint density at radius 1 is 1.21 bits per heavy atom. The molecule has 2 aliphatic carbocycles. The van der Waals surface area contributed by atoms with Crippen LogP contribution in [0.25, 0.3) is 5.57 Å². The van der Waals surface area contributed by atoms with Crippen molar-refractivity contribution in [1.29, 1.82) is 0 Å². The normalized spacial score (nSPS) is 23.8. The first kappa shape index (κ1) is 23.8. The smallest absolute Gasteiger partial charge is 0.291 e. The molecule has 1 N–H and O–H groups in total. The Kier molecular flexibility index (Phi) is 6.52. The highest BCUT2D eigenvalue weighted by molar-refractivity contribution is 14.1. The van der Waals surface area contributed by atoms with Crippen LogP contribution in [0.3, 0.4) is 0 Å². The van der Waals surface area contributed by atoms with Gasteiger partial charge in [0.05, 0.1) is 18.3 Å². The number of hydrogen-bond acceptors (Lipinski definition) is 5. The van der Waals surface area contributed by atoms with Gasteiger partial charge >= 0.3 is 0 Å². The van der Waals surface area contributed by atoms with Crippen LogP contribution >= 0.6 is 22.6 Å². The molecule has 1 atom stereocenters. The number of allylic oxidation sites excluding steroid dienone is 2. The van der Waals surface area contributed by atoms with E-state index in [4.69, 9.17) is 9.26 Å². The minimum atomic E-state index is -0.402. The molecule has 3 aliphatic rings. The van der Waals surface area contributed by atoms with Gasteiger partial charge in [-0.25, -0.2) is 4.68 Å². The molecule has 1 aliphatic heterocycles. The lowest BCUT2D eigenvalue weighted by molar-refractivity contribution is 0.101. The highest BCUT2D eigenvalue weighted by Gasteiger charge is 2.40. The van der Waals surface area contributed by atoms with Gasteiger partial charge in [0, 0.05) is 30.2 Å². The summed E-state index contributed by atoms with van der Waals surface area (Å²) in [4.78, 5) is 26.4. The first-order chi connectivity index (χ1) is 16.3. The third-order valence-electron chi connectivity index (χ3n) is 8.11. The maximum atomic E-state index is 13.2. The summed E-state index contributed by atoms with van der Waals surface area (Å²) in [5.74, 6) is 0.286. The van der Waals surface area contributed by atoms with Crippen molar-refractivity contribution < 1.29 is 14.1 Å². The first-order valence-electron chi connectivity index (χ1n) is 12.3. The lowest BCUT2D eigenvalue weighted by Crippen LogP contribution is -2.29. The lowest BCUT2D eigenvalue weighted by atomic mass is 9.74. The zero-order valence-corrected chi connectivity index (χ0v) is 22.4. The van der Waals surface area contributed by atoms with E-state index in [9.17, 15) is 9.59 Å². The number of amides is 1. The summed E-state index contributed by atoms with van der Waals surface area (Å²) in [5, 5.41) is 6.98. The van der Waals surface area contributed by atoms with Crippen LogP contribution in [0.15, 0.2) is 12.9 Å². The van der Waals surface area contributed by atoms with Crippen molar-refractivity contribution >= 4 is 39.8 Å². The van der Waals surface area contributed by atoms with Gasteiger partial charge < -0.3 is 14.6 Å². The van der Waals surface area contributed by atoms with Gasteiger partial charge in [-0.15, -0.1) is 0 Å². The zero-order chi connectivity index (χ0) is 24.0. The van der Waals surface area contributed by atoms with E-state index in [0.29, 0.717) is 11.4 Å². The number of nitrogens with zero attached hydrogens (tertiary/aromatic N) is 3. The lowest BCUT2D eigenvalue weighted by Gasteiger charge is -2.32. The number of hydrogen-bond donors (Lipinski definition) is 1. The van der Waals surface area contributed by atoms with Crippen LogP contribution in [-0.4, -0.2) is 33.6 Å². The number of nitrogens with one attached hydrogen (secondary N) is 1. The Labute approximate surface area is 213 Å². The van der Waals surface area contributed by atoms with Crippen LogP contribution < -0.4 is 10.9 Å². The van der Waals surface area contributed by atoms with Gasteiger partial charge in [0.25, 0.3) is 11.5 Å². The summed E-state index contributed by atoms with van der Waals surface area (Å²) in [6.45, 7) is 5.41. The average Bonchev–Trinajstić information content (AvgIpc) is 3.49. The molecular weight excluding hydrogens is 547 g/mol. The topological polar surface area (TPSA) is 91.3 Å². The van der Waals surface area contributed by atoms with Crippen molar-refractivity contribution in [2.75, 3.05) is 18.5 Å². The van der Waals surface area contributed by atoms with Crippen LogP contribution in [-0.2, 0) is 11.8 Å². The van der Waals surface area contributed by atoms with Crippen molar-refractivity contribution in [2.24, 2.45) is 12.5 Å². The molecule has 1 saturated heterocycles. The Hall–Kier alpha value is -1.88. The van der Waals surface area contributed by atoms with E-state index in [-0.39, 0.29) is 22.7 Å². The second-order valence-corrected chi connectivity index (χ2v) is 11.5. The van der Waals surface area contributed by atoms with Gasteiger partial charge in [-0.2, -0.15) is 0 Å². The van der Waals surface area contributed by atoms with Crippen molar-refractivity contribution in [3.8, 4) is 0 Å². The molecule has 1 spiro atoms. The molecule has 8 nitrogen and oxygen atoms in total. The van der Waals surface area contributed by atoms with E-state index in [1.807, 2.05) is 30.3 Å². The molecule has 34 heavy (non-hydrogen) atoms. The van der Waals surface area contributed by atoms with Crippen molar-refractivity contribution in [1.82, 2.24) is 14.5 Å². The third kappa shape index (κ3) is 4.08. The zero-order valence-electron chi connectivity index (χ0n) is 20.2. The van der Waals surface area contributed by atoms with Gasteiger partial charge in [0.1, 0.15) is 5.69 Å². The number of rotatable bonds is 4. The summed E-state index contributed by atoms with van der Waals surface area (Å²) >= 11 is 2.41. The third-order valence-corrected chi connectivity index (χ3v) is 9.15. The van der Waals surface area contributed by atoms with Gasteiger partial charge in [0.2, 0.25) is 0 Å². The number of carbonyl (C=O) groups excluding carboxylic acids is 1. The van der Waals surface area contributed by atoms with E-state index in [1.54, 1.807) is 0 Å². The van der Waals surface area contributed by atoms with Crippen LogP contribution in [0.2, 0.25) is 0 Å². The number of ether oxygens (including phenoxy) is 1. The van der Waals surface area contributed by atoms with Gasteiger partial charge in [-0.1, -0.05) is 24.4 Å². The minimum Gasteiger partial charge on any atom is -0.381 e. The number of halogens is 1. The van der Waals surface area contributed by atoms with E-state index in [1.165, 1.54) is 10.0 Å². The van der Waals surface area contributed by atoms with Crippen molar-refractivity contribution in [3.63, 3.8) is 0 Å². The standard InChI is InChI=1S/C25H33IN4O4/c1-15-20(28-34-22(15)18-9-10-25(13-19(18)26)11-12-33-14-25)23(31)27-21-16(2)29(3)30(24(21)32)17-7-5-4-6-8-17/h17H,4-14H2,1-3H3,(H,27,31). The molecule has 1 saturated carbocycles. The molecule has 1 unspecified atom stereocenters. The van der Waals surface area contributed by atoms with Crippen molar-refractivity contribution in [3.05, 3.63) is 36.6 Å². The monoisotopic (exact) mass is 580 g/mol. The summed E-state index contributed by atoms with van der Waals surface area (Å²) in [6.07, 6.45) is 9.51. The highest BCUT2D eigenvalue weighted by Crippen LogP contribution is 2.49. The molecule has 9 heteroatoms. The second-order valence-electron chi connectivity index (χ2n) is 10.2. The molecule has 0 bridgehead atoms. The van der Waals surface area contributed by atoms with E-state index >= 15 is 0 Å². The Morgan fingerprint density at radius 2 is 1.97 bits per heavy atom. The van der Waals surface area contributed by atoms with Crippen molar-refractivity contribution in [2.45, 2.75) is 77.7 Å². The van der Waals surface area contributed by atoms with E-state index in [2.05, 4.69) is 33.1 Å². The molecule has 2 aromatic rings. The first-order valence-corrected chi connectivity index (χ1v) is 13.4. The summed E-state index contributed by atoms with van der Waals surface area (Å²) in [7, 11) is 1.89. The molecule has 2 aromatic heterocycles. The van der Waals surface area contributed by atoms with Gasteiger partial charge in [0.15, 0.2) is 11.5 Å². The molecule has 0 radical (unpaired) electrons. The average molecular weight is 580 g/mol. The predicted octanol–water partition coefficient (Wildman–Crippen LogP) is 5.29. The Balaban J connectivity index is 1.39. The van der Waals surface area contributed by atoms with E-state index < -0.39 is 5.91 Å². The fourth-order valence-corrected chi connectivity index (χ4v) is 7.21. The summed E-state index contributed by atoms with van der Waals surface area (Å²) in [6, 6.07) is 0.185. The highest BCUT2D eigenvalue weighted by atomic mass is 127. The molecule has 3 heterocycles. The van der Waals surface area contributed by atoms with Gasteiger partial charge in [-0.3, -0.25) is 14.3 Å². The predicted molar refractivity (Wildman–Crippen MR) is 138 cm³/mol. The molecule has 184 valence electrons. The largest absolute Gasteiger partial charge is 0.381 e. The SMILES string of the molecule is Cc1c(C(=O)Nc2c(C)n(C)n(C3CCCCC3)c2=O)noc1C1=C(I)CC2(CCOC2)CC1. The fourth-order valence-electron chi connectivity index (χ4n) is 5.88. The quantitative estimate of drug-likeness (QED) is 0.497. The Bertz CT molecular complexity index is 1190. The minimum absolute atomic E-state index is 0.143. The molecule has 1 amide bonds. The summed E-state index contributed by atoms with van der Waals surface area (Å²) < 4.78 is 16.3. The molecule has 2 fully saturated rings. The van der Waals surface area contributed by atoms with Crippen LogP contribution in [0.5, 0.6) is 0 Å². The fraction of sp³-hybridized carbons (Fsp3) is 0.640. The molecule has 5 rings (SSSR count). The number of aromatic nitrogens is 3. The number of anilines is 1. The molecule has 0 aromatic carbocycles. The molecular formula is C25H33IN4O4. The maximum absolute atomic E-state index is 13.2. The Morgan fingerprint density at radius 3 is 2.65 bits per heavy atom. The van der Waals surface area contributed by atoms with Crippen LogP contribution in [0.4, 0.5) is 5.69 Å². The number of carbonyl (C=O) groups is 1. The van der Waals surface area contributed by atoms with Crippen LogP contribution in [0, 0.1) is 19.3 Å². The van der Waals surface area contributed by atoms with Gasteiger partial charge in [-0.05, 0) is 78.5 Å². The van der Waals surface area contributed by atoms with Crippen LogP contribution in [0.1, 0.15) is 91.3 Å². The van der Waals surface area contributed by atoms with E-state index in [0.717, 1.165) is 81.4 Å². The summed E-state index contributed by atoms with van der Waals surface area (Å²) in [5.41, 5.74) is 3.28.